The highest BCUT2D eigenvalue weighted by atomic mass is 79.9. The summed E-state index contributed by atoms with van der Waals surface area (Å²) in [5.41, 5.74) is 1.93. The second-order valence-corrected chi connectivity index (χ2v) is 4.90. The van der Waals surface area contributed by atoms with Crippen molar-refractivity contribution in [3.05, 3.63) is 50.6 Å². The van der Waals surface area contributed by atoms with Crippen LogP contribution >= 0.6 is 27.3 Å². The van der Waals surface area contributed by atoms with Crippen LogP contribution in [0.25, 0.3) is 0 Å². The smallest absolute Gasteiger partial charge is 0.141 e. The summed E-state index contributed by atoms with van der Waals surface area (Å²) in [6.45, 7) is 0. The van der Waals surface area contributed by atoms with E-state index in [1.165, 1.54) is 12.3 Å². The predicted molar refractivity (Wildman–Crippen MR) is 67.1 cm³/mol. The van der Waals surface area contributed by atoms with Gasteiger partial charge in [-0.3, -0.25) is 4.98 Å². The number of hydrogen-bond donors (Lipinski definition) is 1. The number of aromatic nitrogens is 1. The second-order valence-electron chi connectivity index (χ2n) is 3.30. The van der Waals surface area contributed by atoms with Gasteiger partial charge in [-0.15, -0.1) is 0 Å². The lowest BCUT2D eigenvalue weighted by Gasteiger charge is -2.15. The summed E-state index contributed by atoms with van der Waals surface area (Å²) >= 11 is 5.11. The maximum absolute atomic E-state index is 12.8. The van der Waals surface area contributed by atoms with E-state index in [0.29, 0.717) is 0 Å². The first-order valence-electron chi connectivity index (χ1n) is 4.72. The largest absolute Gasteiger partial charge is 0.308 e. The first kappa shape index (κ1) is 11.7. The molecule has 0 fully saturated rings. The molecule has 1 unspecified atom stereocenters. The van der Waals surface area contributed by atoms with Crippen molar-refractivity contribution in [1.82, 2.24) is 10.3 Å². The highest BCUT2D eigenvalue weighted by molar-refractivity contribution is 9.10. The Balaban J connectivity index is 2.37. The third-order valence-electron chi connectivity index (χ3n) is 2.29. The molecule has 0 aliphatic heterocycles. The molecular formula is C11H10BrFN2S. The van der Waals surface area contributed by atoms with Crippen molar-refractivity contribution in [2.75, 3.05) is 7.05 Å². The van der Waals surface area contributed by atoms with Crippen molar-refractivity contribution in [3.63, 3.8) is 0 Å². The summed E-state index contributed by atoms with van der Waals surface area (Å²) in [6.07, 6.45) is 1.24. The molecule has 2 aromatic rings. The van der Waals surface area contributed by atoms with Crippen molar-refractivity contribution >= 4 is 27.3 Å². The maximum Gasteiger partial charge on any atom is 0.141 e. The van der Waals surface area contributed by atoms with Gasteiger partial charge in [-0.1, -0.05) is 0 Å². The van der Waals surface area contributed by atoms with Crippen LogP contribution in [-0.4, -0.2) is 12.0 Å². The van der Waals surface area contributed by atoms with Gasteiger partial charge in [0.1, 0.15) is 5.82 Å². The number of nitrogens with zero attached hydrogens (tertiary/aromatic N) is 1. The molecule has 1 atom stereocenters. The number of halogens is 2. The maximum atomic E-state index is 12.8. The van der Waals surface area contributed by atoms with Crippen LogP contribution in [-0.2, 0) is 0 Å². The fourth-order valence-electron chi connectivity index (χ4n) is 1.52. The fourth-order valence-corrected chi connectivity index (χ4v) is 3.07. The topological polar surface area (TPSA) is 24.9 Å². The summed E-state index contributed by atoms with van der Waals surface area (Å²) in [5.74, 6) is -0.317. The van der Waals surface area contributed by atoms with E-state index >= 15 is 0 Å². The molecule has 0 aliphatic rings. The Morgan fingerprint density at radius 3 is 2.75 bits per heavy atom. The molecule has 0 radical (unpaired) electrons. The summed E-state index contributed by atoms with van der Waals surface area (Å²) in [7, 11) is 1.86. The van der Waals surface area contributed by atoms with Crippen LogP contribution in [0.15, 0.2) is 33.6 Å². The molecule has 0 saturated carbocycles. The zero-order chi connectivity index (χ0) is 11.5. The average molecular weight is 301 g/mol. The number of rotatable bonds is 3. The minimum Gasteiger partial charge on any atom is -0.308 e. The third kappa shape index (κ3) is 2.31. The molecule has 0 bridgehead atoms. The van der Waals surface area contributed by atoms with E-state index in [1.54, 1.807) is 17.4 Å². The summed E-state index contributed by atoms with van der Waals surface area (Å²) in [5, 5.41) is 7.24. The lowest BCUT2D eigenvalue weighted by molar-refractivity contribution is 0.610. The molecule has 0 aliphatic carbocycles. The van der Waals surface area contributed by atoms with Gasteiger partial charge in [0.2, 0.25) is 0 Å². The molecule has 0 amide bonds. The van der Waals surface area contributed by atoms with Gasteiger partial charge in [0, 0.05) is 9.85 Å². The van der Waals surface area contributed by atoms with E-state index in [-0.39, 0.29) is 11.9 Å². The molecule has 84 valence electrons. The van der Waals surface area contributed by atoms with E-state index in [1.807, 2.05) is 12.4 Å². The lowest BCUT2D eigenvalue weighted by Crippen LogP contribution is -2.18. The molecule has 0 saturated heterocycles. The molecule has 0 spiro atoms. The highest BCUT2D eigenvalue weighted by Gasteiger charge is 2.16. The minimum absolute atomic E-state index is 0.0128. The zero-order valence-electron chi connectivity index (χ0n) is 8.58. The Bertz CT molecular complexity index is 469. The van der Waals surface area contributed by atoms with Crippen LogP contribution in [0.1, 0.15) is 17.3 Å². The van der Waals surface area contributed by atoms with Gasteiger partial charge in [-0.2, -0.15) is 11.3 Å². The molecule has 2 aromatic heterocycles. The fraction of sp³-hybridized carbons (Fsp3) is 0.182. The number of nitrogens with one attached hydrogen (secondary N) is 1. The SMILES string of the molecule is CNC(c1ccc(F)cn1)c1cscc1Br. The lowest BCUT2D eigenvalue weighted by atomic mass is 10.1. The molecule has 2 rings (SSSR count). The van der Waals surface area contributed by atoms with Crippen LogP contribution in [0.2, 0.25) is 0 Å². The van der Waals surface area contributed by atoms with Gasteiger partial charge in [0.25, 0.3) is 0 Å². The minimum atomic E-state index is -0.317. The van der Waals surface area contributed by atoms with Crippen molar-refractivity contribution in [1.29, 1.82) is 0 Å². The van der Waals surface area contributed by atoms with E-state index < -0.39 is 0 Å². The van der Waals surface area contributed by atoms with E-state index in [0.717, 1.165) is 15.7 Å². The van der Waals surface area contributed by atoms with E-state index in [9.17, 15) is 4.39 Å². The van der Waals surface area contributed by atoms with Gasteiger partial charge in [-0.25, -0.2) is 4.39 Å². The van der Waals surface area contributed by atoms with Gasteiger partial charge in [0.05, 0.1) is 17.9 Å². The van der Waals surface area contributed by atoms with Crippen LogP contribution in [0.4, 0.5) is 4.39 Å². The number of hydrogen-bond acceptors (Lipinski definition) is 3. The molecule has 16 heavy (non-hydrogen) atoms. The number of thiophene rings is 1. The van der Waals surface area contributed by atoms with Crippen molar-refractivity contribution < 1.29 is 4.39 Å². The molecule has 2 heterocycles. The quantitative estimate of drug-likeness (QED) is 0.940. The van der Waals surface area contributed by atoms with Gasteiger partial charge in [-0.05, 0) is 46.1 Å². The normalized spacial score (nSPS) is 12.7. The number of pyridine rings is 1. The second kappa shape index (κ2) is 5.03. The van der Waals surface area contributed by atoms with Gasteiger partial charge < -0.3 is 5.32 Å². The standard InChI is InChI=1S/C11H10BrFN2S/c1-14-11(8-5-16-6-9(8)12)10-3-2-7(13)4-15-10/h2-6,11,14H,1H3. The first-order valence-corrected chi connectivity index (χ1v) is 6.46. The van der Waals surface area contributed by atoms with Crippen LogP contribution in [0.5, 0.6) is 0 Å². The Morgan fingerprint density at radius 1 is 1.44 bits per heavy atom. The Morgan fingerprint density at radius 2 is 2.25 bits per heavy atom. The van der Waals surface area contributed by atoms with Crippen molar-refractivity contribution in [2.45, 2.75) is 6.04 Å². The zero-order valence-corrected chi connectivity index (χ0v) is 11.0. The molecule has 0 aromatic carbocycles. The van der Waals surface area contributed by atoms with E-state index in [4.69, 9.17) is 0 Å². The van der Waals surface area contributed by atoms with Crippen LogP contribution in [0.3, 0.4) is 0 Å². The van der Waals surface area contributed by atoms with Crippen molar-refractivity contribution in [3.8, 4) is 0 Å². The Kier molecular flexibility index (Phi) is 3.68. The Hall–Kier alpha value is -0.780. The van der Waals surface area contributed by atoms with E-state index in [2.05, 4.69) is 31.6 Å². The summed E-state index contributed by atoms with van der Waals surface area (Å²) in [6, 6.07) is 3.11. The van der Waals surface area contributed by atoms with Gasteiger partial charge >= 0.3 is 0 Å². The molecule has 5 heteroatoms. The summed E-state index contributed by atoms with van der Waals surface area (Å²) < 4.78 is 13.8. The first-order chi connectivity index (χ1) is 7.72. The van der Waals surface area contributed by atoms with Crippen LogP contribution in [0, 0.1) is 5.82 Å². The van der Waals surface area contributed by atoms with Gasteiger partial charge in [0.15, 0.2) is 0 Å². The summed E-state index contributed by atoms with van der Waals surface area (Å²) in [4.78, 5) is 4.09. The molecular weight excluding hydrogens is 291 g/mol. The molecule has 2 nitrogen and oxygen atoms in total. The average Bonchev–Trinajstić information content (AvgIpc) is 2.69. The predicted octanol–water partition coefficient (Wildman–Crippen LogP) is 3.35. The monoisotopic (exact) mass is 300 g/mol. The Labute approximate surface area is 106 Å². The third-order valence-corrected chi connectivity index (χ3v) is 4.04. The van der Waals surface area contributed by atoms with Crippen LogP contribution < -0.4 is 5.32 Å². The molecule has 1 N–H and O–H groups in total. The van der Waals surface area contributed by atoms with Crippen molar-refractivity contribution in [2.24, 2.45) is 0 Å². The highest BCUT2D eigenvalue weighted by Crippen LogP contribution is 2.30.